The maximum Gasteiger partial charge on any atom is 0.411 e. The van der Waals surface area contributed by atoms with E-state index in [1.54, 1.807) is 24.3 Å². The van der Waals surface area contributed by atoms with Crippen molar-refractivity contribution in [1.82, 2.24) is 9.88 Å². The monoisotopic (exact) mass is 653 g/mol. The Morgan fingerprint density at radius 1 is 1.07 bits per heavy atom. The molecule has 11 nitrogen and oxygen atoms in total. The standard InChI is InChI=1S/C32H33F2N5O6S/c1-4-46(42,43)28-10-8-20(38-32(41)45-3)15-23(28)26-6-5-13-39(26)31(40)29(22-16-27(44-2)25(34)17-24(22)33)37-19-7-9-21-18(14-19)11-12-36-30(21)35/h7-12,14-17,26,29,37H,4-6,13H2,1-3H3,(H2,35,36)(H,38,41)/t26-,29-/m1/s1. The second kappa shape index (κ2) is 13.2. The summed E-state index contributed by atoms with van der Waals surface area (Å²) in [4.78, 5) is 32.0. The number of sulfone groups is 1. The number of rotatable bonds is 9. The molecule has 0 unspecified atom stereocenters. The lowest BCUT2D eigenvalue weighted by atomic mass is 10.00. The van der Waals surface area contributed by atoms with Gasteiger partial charge in [-0.25, -0.2) is 27.0 Å². The molecule has 0 radical (unpaired) electrons. The fraction of sp³-hybridized carbons (Fsp3) is 0.281. The molecule has 2 heterocycles. The van der Waals surface area contributed by atoms with E-state index in [1.165, 1.54) is 50.4 Å². The largest absolute Gasteiger partial charge is 0.494 e. The minimum Gasteiger partial charge on any atom is -0.494 e. The Labute approximate surface area is 264 Å². The predicted octanol–water partition coefficient (Wildman–Crippen LogP) is 5.59. The lowest BCUT2D eigenvalue weighted by Gasteiger charge is -2.31. The third kappa shape index (κ3) is 6.38. The van der Waals surface area contributed by atoms with E-state index in [-0.39, 0.29) is 34.2 Å². The highest BCUT2D eigenvalue weighted by atomic mass is 32.2. The first kappa shape index (κ1) is 32.4. The molecule has 1 saturated heterocycles. The van der Waals surface area contributed by atoms with Gasteiger partial charge in [0, 0.05) is 41.1 Å². The van der Waals surface area contributed by atoms with Crippen molar-refractivity contribution >= 4 is 49.8 Å². The maximum absolute atomic E-state index is 15.5. The molecular formula is C32H33F2N5O6S. The number of pyridine rings is 1. The van der Waals surface area contributed by atoms with Crippen molar-refractivity contribution < 1.29 is 36.3 Å². The summed E-state index contributed by atoms with van der Waals surface area (Å²) in [5.41, 5.74) is 6.83. The van der Waals surface area contributed by atoms with Gasteiger partial charge in [0.2, 0.25) is 5.91 Å². The van der Waals surface area contributed by atoms with Crippen LogP contribution < -0.4 is 21.1 Å². The van der Waals surface area contributed by atoms with Crippen LogP contribution in [0.3, 0.4) is 0 Å². The first-order valence-electron chi connectivity index (χ1n) is 14.4. The quantitative estimate of drug-likeness (QED) is 0.210. The van der Waals surface area contributed by atoms with E-state index < -0.39 is 45.6 Å². The molecule has 0 spiro atoms. The van der Waals surface area contributed by atoms with Crippen LogP contribution in [0.25, 0.3) is 10.8 Å². The number of nitrogens with two attached hydrogens (primary N) is 1. The van der Waals surface area contributed by atoms with E-state index in [0.717, 1.165) is 6.07 Å². The van der Waals surface area contributed by atoms with Gasteiger partial charge in [-0.3, -0.25) is 10.1 Å². The van der Waals surface area contributed by atoms with Crippen LogP contribution in [0.5, 0.6) is 5.75 Å². The number of amides is 2. The average molecular weight is 654 g/mol. The molecule has 46 heavy (non-hydrogen) atoms. The van der Waals surface area contributed by atoms with Crippen molar-refractivity contribution in [3.8, 4) is 5.75 Å². The third-order valence-electron chi connectivity index (χ3n) is 7.99. The maximum atomic E-state index is 15.5. The molecule has 5 rings (SSSR count). The Hall–Kier alpha value is -4.98. The summed E-state index contributed by atoms with van der Waals surface area (Å²) in [7, 11) is -1.34. The van der Waals surface area contributed by atoms with Crippen molar-refractivity contribution in [3.63, 3.8) is 0 Å². The number of aromatic nitrogens is 1. The van der Waals surface area contributed by atoms with Crippen molar-refractivity contribution in [3.05, 3.63) is 83.6 Å². The van der Waals surface area contributed by atoms with E-state index in [2.05, 4.69) is 20.4 Å². The zero-order valence-electron chi connectivity index (χ0n) is 25.3. The number of methoxy groups -OCH3 is 2. The van der Waals surface area contributed by atoms with Gasteiger partial charge < -0.3 is 25.4 Å². The summed E-state index contributed by atoms with van der Waals surface area (Å²) in [5.74, 6) is -2.65. The van der Waals surface area contributed by atoms with E-state index in [1.807, 2.05) is 0 Å². The lowest BCUT2D eigenvalue weighted by Crippen LogP contribution is -2.38. The Balaban J connectivity index is 1.61. The van der Waals surface area contributed by atoms with Crippen LogP contribution >= 0.6 is 0 Å². The number of nitrogens with one attached hydrogen (secondary N) is 2. The van der Waals surface area contributed by atoms with Crippen LogP contribution in [0, 0.1) is 11.6 Å². The predicted molar refractivity (Wildman–Crippen MR) is 169 cm³/mol. The summed E-state index contributed by atoms with van der Waals surface area (Å²) < 4.78 is 66.1. The smallest absolute Gasteiger partial charge is 0.411 e. The summed E-state index contributed by atoms with van der Waals surface area (Å²) >= 11 is 0. The number of hydrogen-bond donors (Lipinski definition) is 3. The summed E-state index contributed by atoms with van der Waals surface area (Å²) in [6.45, 7) is 1.73. The molecule has 4 aromatic rings. The number of fused-ring (bicyclic) bond motifs is 1. The van der Waals surface area contributed by atoms with Crippen LogP contribution in [0.2, 0.25) is 0 Å². The zero-order valence-corrected chi connectivity index (χ0v) is 26.2. The number of benzene rings is 3. The number of carbonyl (C=O) groups is 2. The number of nitrogen functional groups attached to an aromatic ring is 1. The van der Waals surface area contributed by atoms with Gasteiger partial charge in [-0.05, 0) is 72.3 Å². The molecule has 242 valence electrons. The van der Waals surface area contributed by atoms with E-state index in [4.69, 9.17) is 10.5 Å². The minimum atomic E-state index is -3.76. The SMILES string of the molecule is CCS(=O)(=O)c1ccc(NC(=O)OC)cc1[C@H]1CCCN1C(=O)[C@H](Nc1ccc2c(N)nccc2c1)c1cc(OC)c(F)cc1F. The highest BCUT2D eigenvalue weighted by molar-refractivity contribution is 7.91. The van der Waals surface area contributed by atoms with Crippen LogP contribution in [0.1, 0.15) is 43.0 Å². The van der Waals surface area contributed by atoms with Gasteiger partial charge in [-0.2, -0.15) is 0 Å². The molecule has 2 amide bonds. The van der Waals surface area contributed by atoms with Gasteiger partial charge in [0.15, 0.2) is 21.4 Å². The molecular weight excluding hydrogens is 620 g/mol. The van der Waals surface area contributed by atoms with Gasteiger partial charge in [0.25, 0.3) is 0 Å². The molecule has 3 aromatic carbocycles. The number of hydrogen-bond acceptors (Lipinski definition) is 9. The van der Waals surface area contributed by atoms with Gasteiger partial charge >= 0.3 is 6.09 Å². The molecule has 1 aliphatic rings. The van der Waals surface area contributed by atoms with Gasteiger partial charge in [0.05, 0.1) is 30.9 Å². The fourth-order valence-corrected chi connectivity index (χ4v) is 6.81. The molecule has 14 heteroatoms. The number of ether oxygens (including phenoxy) is 2. The van der Waals surface area contributed by atoms with Crippen LogP contribution in [0.4, 0.5) is 30.8 Å². The molecule has 0 bridgehead atoms. The molecule has 4 N–H and O–H groups in total. The van der Waals surface area contributed by atoms with Crippen LogP contribution in [-0.2, 0) is 19.4 Å². The first-order valence-corrected chi connectivity index (χ1v) is 16.1. The van der Waals surface area contributed by atoms with Crippen molar-refractivity contribution in [2.75, 3.05) is 42.9 Å². The van der Waals surface area contributed by atoms with Gasteiger partial charge in [-0.15, -0.1) is 0 Å². The van der Waals surface area contributed by atoms with Gasteiger partial charge in [-0.1, -0.05) is 6.92 Å². The number of likely N-dealkylation sites (tertiary alicyclic amines) is 1. The second-order valence-electron chi connectivity index (χ2n) is 10.7. The van der Waals surface area contributed by atoms with E-state index in [0.29, 0.717) is 46.7 Å². The Bertz CT molecular complexity index is 1920. The average Bonchev–Trinajstić information content (AvgIpc) is 3.54. The van der Waals surface area contributed by atoms with Crippen LogP contribution in [0.15, 0.2) is 65.7 Å². The van der Waals surface area contributed by atoms with E-state index >= 15 is 4.39 Å². The molecule has 0 saturated carbocycles. The minimum absolute atomic E-state index is 0.00924. The Morgan fingerprint density at radius 2 is 1.83 bits per heavy atom. The lowest BCUT2D eigenvalue weighted by molar-refractivity contribution is -0.133. The van der Waals surface area contributed by atoms with Gasteiger partial charge in [0.1, 0.15) is 17.7 Å². The summed E-state index contributed by atoms with van der Waals surface area (Å²) in [6.07, 6.45) is 1.69. The van der Waals surface area contributed by atoms with Crippen molar-refractivity contribution in [1.29, 1.82) is 0 Å². The highest BCUT2D eigenvalue weighted by Crippen LogP contribution is 2.40. The molecule has 1 aromatic heterocycles. The van der Waals surface area contributed by atoms with Crippen molar-refractivity contribution in [2.45, 2.75) is 36.7 Å². The van der Waals surface area contributed by atoms with Crippen LogP contribution in [-0.4, -0.2) is 56.8 Å². The number of halogens is 2. The zero-order chi connectivity index (χ0) is 33.2. The molecule has 2 atom stereocenters. The topological polar surface area (TPSA) is 153 Å². The molecule has 1 aliphatic heterocycles. The number of carbonyl (C=O) groups excluding carboxylic acids is 2. The Kier molecular flexibility index (Phi) is 9.28. The highest BCUT2D eigenvalue weighted by Gasteiger charge is 2.38. The van der Waals surface area contributed by atoms with Crippen molar-refractivity contribution in [2.24, 2.45) is 0 Å². The second-order valence-corrected chi connectivity index (χ2v) is 12.9. The normalized spacial score (nSPS) is 15.4. The molecule has 0 aliphatic carbocycles. The first-order chi connectivity index (χ1) is 22.0. The Morgan fingerprint density at radius 3 is 2.54 bits per heavy atom. The summed E-state index contributed by atoms with van der Waals surface area (Å²) in [6, 6.07) is 10.8. The number of nitrogens with zero attached hydrogens (tertiary/aromatic N) is 2. The number of anilines is 3. The molecule has 1 fully saturated rings. The summed E-state index contributed by atoms with van der Waals surface area (Å²) in [5, 5.41) is 7.03. The fourth-order valence-electron chi connectivity index (χ4n) is 5.67. The third-order valence-corrected chi connectivity index (χ3v) is 9.79. The van der Waals surface area contributed by atoms with E-state index in [9.17, 15) is 22.4 Å².